The van der Waals surface area contributed by atoms with E-state index >= 15 is 0 Å². The van der Waals surface area contributed by atoms with E-state index < -0.39 is 47.2 Å². The van der Waals surface area contributed by atoms with Crippen LogP contribution in [-0.4, -0.2) is 70.3 Å². The van der Waals surface area contributed by atoms with Gasteiger partial charge in [0.1, 0.15) is 29.5 Å². The standard InChI is InChI=1S/C29H36N4O6S/c1-28(2,3)24(32-27(36)39-29(4,5)6)25(34)33-16-17(14-21(33)26(35)37-7)38-22-15-20(18-10-8-9-12-30-18)31-19-11-13-40-23(19)22/h8-13,15,17,21,24H,14,16H2,1-7H3,(H,32,36)/t17-,21?,24-/m1/s1. The van der Waals surface area contributed by atoms with E-state index in [9.17, 15) is 14.4 Å². The fourth-order valence-corrected chi connectivity index (χ4v) is 5.36. The monoisotopic (exact) mass is 568 g/mol. The summed E-state index contributed by atoms with van der Waals surface area (Å²) in [5.74, 6) is -0.359. The number of hydrogen-bond acceptors (Lipinski definition) is 9. The van der Waals surface area contributed by atoms with Crippen LogP contribution in [0.2, 0.25) is 0 Å². The molecule has 0 radical (unpaired) electrons. The summed E-state index contributed by atoms with van der Waals surface area (Å²) in [6.07, 6.45) is 0.726. The van der Waals surface area contributed by atoms with Crippen LogP contribution < -0.4 is 10.1 Å². The molecule has 3 aromatic heterocycles. The molecule has 0 bridgehead atoms. The summed E-state index contributed by atoms with van der Waals surface area (Å²) in [7, 11) is 1.29. The van der Waals surface area contributed by atoms with Crippen molar-refractivity contribution in [3.63, 3.8) is 0 Å². The van der Waals surface area contributed by atoms with Crippen LogP contribution in [0.5, 0.6) is 5.75 Å². The minimum Gasteiger partial charge on any atom is -0.487 e. The van der Waals surface area contributed by atoms with Gasteiger partial charge in [-0.25, -0.2) is 14.6 Å². The number of rotatable bonds is 6. The number of carbonyl (C=O) groups excluding carboxylic acids is 3. The Morgan fingerprint density at radius 2 is 1.85 bits per heavy atom. The molecule has 0 aromatic carbocycles. The van der Waals surface area contributed by atoms with E-state index in [0.717, 1.165) is 10.2 Å². The Labute approximate surface area is 238 Å². The molecular formula is C29H36N4O6S. The van der Waals surface area contributed by atoms with Crippen molar-refractivity contribution in [2.75, 3.05) is 13.7 Å². The maximum atomic E-state index is 13.9. The van der Waals surface area contributed by atoms with Gasteiger partial charge in [-0.2, -0.15) is 0 Å². The number of aromatic nitrogens is 2. The molecule has 0 aliphatic carbocycles. The number of ether oxygens (including phenoxy) is 3. The first-order valence-corrected chi connectivity index (χ1v) is 14.0. The van der Waals surface area contributed by atoms with Crippen molar-refractivity contribution in [2.45, 2.75) is 71.8 Å². The summed E-state index contributed by atoms with van der Waals surface area (Å²) in [4.78, 5) is 49.9. The molecule has 3 atom stereocenters. The molecule has 4 rings (SSSR count). The van der Waals surface area contributed by atoms with Crippen molar-refractivity contribution in [3.05, 3.63) is 41.9 Å². The van der Waals surface area contributed by atoms with Crippen molar-refractivity contribution in [2.24, 2.45) is 5.41 Å². The highest BCUT2D eigenvalue weighted by Gasteiger charge is 2.46. The number of esters is 1. The van der Waals surface area contributed by atoms with Crippen molar-refractivity contribution in [3.8, 4) is 17.1 Å². The zero-order valence-corrected chi connectivity index (χ0v) is 24.7. The predicted molar refractivity (Wildman–Crippen MR) is 152 cm³/mol. The van der Waals surface area contributed by atoms with Crippen molar-refractivity contribution in [1.82, 2.24) is 20.2 Å². The third kappa shape index (κ3) is 6.70. The van der Waals surface area contributed by atoms with E-state index in [0.29, 0.717) is 17.1 Å². The minimum atomic E-state index is -0.950. The molecule has 0 saturated carbocycles. The smallest absolute Gasteiger partial charge is 0.408 e. The molecule has 3 aromatic rings. The summed E-state index contributed by atoms with van der Waals surface area (Å²) in [5.41, 5.74) is 0.735. The van der Waals surface area contributed by atoms with E-state index in [1.54, 1.807) is 27.0 Å². The Morgan fingerprint density at radius 3 is 2.48 bits per heavy atom. The average Bonchev–Trinajstić information content (AvgIpc) is 3.53. The van der Waals surface area contributed by atoms with Crippen LogP contribution in [-0.2, 0) is 19.1 Å². The highest BCUT2D eigenvalue weighted by Crippen LogP contribution is 2.36. The minimum absolute atomic E-state index is 0.134. The van der Waals surface area contributed by atoms with E-state index in [2.05, 4.69) is 10.3 Å². The number of likely N-dealkylation sites (tertiary alicyclic amines) is 1. The van der Waals surface area contributed by atoms with E-state index in [1.807, 2.05) is 56.5 Å². The molecule has 214 valence electrons. The van der Waals surface area contributed by atoms with Gasteiger partial charge in [-0.05, 0) is 49.8 Å². The molecule has 11 heteroatoms. The summed E-state index contributed by atoms with van der Waals surface area (Å²) in [6.45, 7) is 10.9. The number of thiophene rings is 1. The number of pyridine rings is 2. The first-order chi connectivity index (χ1) is 18.8. The van der Waals surface area contributed by atoms with E-state index in [1.165, 1.54) is 23.3 Å². The second-order valence-electron chi connectivity index (χ2n) is 11.8. The number of methoxy groups -OCH3 is 1. The Kier molecular flexibility index (Phi) is 8.34. The van der Waals surface area contributed by atoms with Gasteiger partial charge in [0.15, 0.2) is 0 Å². The van der Waals surface area contributed by atoms with Gasteiger partial charge in [-0.1, -0.05) is 26.8 Å². The number of nitrogens with one attached hydrogen (secondary N) is 1. The molecule has 2 amide bonds. The van der Waals surface area contributed by atoms with Crippen LogP contribution in [0.25, 0.3) is 21.6 Å². The Balaban J connectivity index is 1.61. The third-order valence-corrected chi connectivity index (χ3v) is 7.31. The lowest BCUT2D eigenvalue weighted by atomic mass is 9.85. The number of fused-ring (bicyclic) bond motifs is 1. The molecule has 1 aliphatic rings. The van der Waals surface area contributed by atoms with Gasteiger partial charge in [0.25, 0.3) is 0 Å². The second-order valence-corrected chi connectivity index (χ2v) is 12.7. The van der Waals surface area contributed by atoms with Gasteiger partial charge < -0.3 is 24.4 Å². The van der Waals surface area contributed by atoms with Gasteiger partial charge in [-0.3, -0.25) is 9.78 Å². The van der Waals surface area contributed by atoms with E-state index in [-0.39, 0.29) is 13.0 Å². The molecule has 1 unspecified atom stereocenters. The summed E-state index contributed by atoms with van der Waals surface area (Å²) in [6, 6.07) is 7.53. The molecule has 1 N–H and O–H groups in total. The lowest BCUT2D eigenvalue weighted by molar-refractivity contribution is -0.152. The first-order valence-electron chi connectivity index (χ1n) is 13.1. The van der Waals surface area contributed by atoms with Crippen LogP contribution >= 0.6 is 11.3 Å². The first kappa shape index (κ1) is 29.3. The van der Waals surface area contributed by atoms with Crippen LogP contribution in [0.15, 0.2) is 41.9 Å². The summed E-state index contributed by atoms with van der Waals surface area (Å²) >= 11 is 1.50. The Morgan fingerprint density at radius 1 is 1.10 bits per heavy atom. The zero-order valence-electron chi connectivity index (χ0n) is 23.9. The lowest BCUT2D eigenvalue weighted by Crippen LogP contribution is -2.57. The second kappa shape index (κ2) is 11.4. The Bertz CT molecular complexity index is 1380. The van der Waals surface area contributed by atoms with E-state index in [4.69, 9.17) is 19.2 Å². The molecular weight excluding hydrogens is 532 g/mol. The molecule has 0 spiro atoms. The number of nitrogens with zero attached hydrogens (tertiary/aromatic N) is 3. The third-order valence-electron chi connectivity index (χ3n) is 6.39. The highest BCUT2D eigenvalue weighted by molar-refractivity contribution is 7.17. The van der Waals surface area contributed by atoms with Gasteiger partial charge in [0.05, 0.1) is 35.3 Å². The summed E-state index contributed by atoms with van der Waals surface area (Å²) in [5, 5.41) is 4.65. The topological polar surface area (TPSA) is 120 Å². The van der Waals surface area contributed by atoms with Gasteiger partial charge in [0, 0.05) is 18.7 Å². The highest BCUT2D eigenvalue weighted by atomic mass is 32.1. The number of amides is 2. The van der Waals surface area contributed by atoms with Crippen molar-refractivity contribution in [1.29, 1.82) is 0 Å². The largest absolute Gasteiger partial charge is 0.487 e. The fraction of sp³-hybridized carbons (Fsp3) is 0.483. The summed E-state index contributed by atoms with van der Waals surface area (Å²) < 4.78 is 17.8. The quantitative estimate of drug-likeness (QED) is 0.421. The Hall–Kier alpha value is -3.73. The fourth-order valence-electron chi connectivity index (χ4n) is 4.57. The number of carbonyl (C=O) groups is 3. The molecule has 40 heavy (non-hydrogen) atoms. The maximum Gasteiger partial charge on any atom is 0.408 e. The van der Waals surface area contributed by atoms with Crippen LogP contribution in [0.1, 0.15) is 48.0 Å². The number of hydrogen-bond donors (Lipinski definition) is 1. The zero-order chi connectivity index (χ0) is 29.2. The van der Waals surface area contributed by atoms with Crippen LogP contribution in [0.4, 0.5) is 4.79 Å². The number of alkyl carbamates (subject to hydrolysis) is 1. The van der Waals surface area contributed by atoms with Crippen molar-refractivity contribution < 1.29 is 28.6 Å². The molecule has 1 saturated heterocycles. The van der Waals surface area contributed by atoms with Crippen LogP contribution in [0, 0.1) is 5.41 Å². The van der Waals surface area contributed by atoms with Gasteiger partial charge in [-0.15, -0.1) is 11.3 Å². The average molecular weight is 569 g/mol. The lowest BCUT2D eigenvalue weighted by Gasteiger charge is -2.35. The maximum absolute atomic E-state index is 13.9. The van der Waals surface area contributed by atoms with Crippen LogP contribution in [0.3, 0.4) is 0 Å². The molecule has 1 fully saturated rings. The molecule has 4 heterocycles. The van der Waals surface area contributed by atoms with Gasteiger partial charge >= 0.3 is 12.1 Å². The molecule has 10 nitrogen and oxygen atoms in total. The van der Waals surface area contributed by atoms with Gasteiger partial charge in [0.2, 0.25) is 5.91 Å². The predicted octanol–water partition coefficient (Wildman–Crippen LogP) is 4.82. The van der Waals surface area contributed by atoms with Crippen molar-refractivity contribution >= 4 is 39.5 Å². The normalized spacial score (nSPS) is 18.3. The molecule has 1 aliphatic heterocycles. The SMILES string of the molecule is COC(=O)C1C[C@@H](Oc2cc(-c3ccccn3)nc3ccsc23)CN1C(=O)[C@@H](NC(=O)OC(C)(C)C)C(C)(C)C.